The molecule has 0 spiro atoms. The highest BCUT2D eigenvalue weighted by Gasteiger charge is 2.14. The minimum Gasteiger partial charge on any atom is -0.368 e. The normalized spacial score (nSPS) is 19.8. The molecular formula is C10H21N3O. The van der Waals surface area contributed by atoms with Gasteiger partial charge in [-0.2, -0.15) is 0 Å². The van der Waals surface area contributed by atoms with Crippen molar-refractivity contribution < 1.29 is 4.79 Å². The topological polar surface area (TPSA) is 58.4 Å². The van der Waals surface area contributed by atoms with E-state index in [0.717, 1.165) is 19.5 Å². The predicted octanol–water partition coefficient (Wildman–Crippen LogP) is -0.0643. The van der Waals surface area contributed by atoms with Crippen LogP contribution in [0, 0.1) is 0 Å². The Morgan fingerprint density at radius 1 is 1.50 bits per heavy atom. The van der Waals surface area contributed by atoms with Gasteiger partial charge in [-0.05, 0) is 32.4 Å². The van der Waals surface area contributed by atoms with Gasteiger partial charge < -0.3 is 16.0 Å². The number of hydrogen-bond donors (Lipinski definition) is 2. The quantitative estimate of drug-likeness (QED) is 0.630. The lowest BCUT2D eigenvalue weighted by Gasteiger charge is -2.17. The number of nitrogens with zero attached hydrogens (tertiary/aromatic N) is 1. The fraction of sp³-hybridized carbons (Fsp3) is 0.900. The minimum atomic E-state index is -0.242. The summed E-state index contributed by atoms with van der Waals surface area (Å²) in [7, 11) is 0. The molecule has 4 nitrogen and oxygen atoms in total. The molecule has 3 N–H and O–H groups in total. The molecule has 4 heteroatoms. The van der Waals surface area contributed by atoms with Crippen LogP contribution in [0.2, 0.25) is 0 Å². The van der Waals surface area contributed by atoms with Crippen LogP contribution in [0.15, 0.2) is 0 Å². The predicted molar refractivity (Wildman–Crippen MR) is 57.0 cm³/mol. The molecule has 1 unspecified atom stereocenters. The van der Waals surface area contributed by atoms with Crippen LogP contribution >= 0.6 is 0 Å². The first-order valence-electron chi connectivity index (χ1n) is 5.49. The molecule has 0 saturated carbocycles. The number of amides is 1. The lowest BCUT2D eigenvalue weighted by molar-refractivity contribution is -0.120. The highest BCUT2D eigenvalue weighted by molar-refractivity contribution is 5.79. The van der Waals surface area contributed by atoms with Crippen LogP contribution in [0.3, 0.4) is 0 Å². The third-order valence-corrected chi connectivity index (χ3v) is 2.77. The highest BCUT2D eigenvalue weighted by atomic mass is 16.1. The molecule has 1 amide bonds. The summed E-state index contributed by atoms with van der Waals surface area (Å²) in [5.41, 5.74) is 5.23. The van der Waals surface area contributed by atoms with E-state index in [2.05, 4.69) is 10.2 Å². The minimum absolute atomic E-state index is 0.155. The molecule has 1 fully saturated rings. The molecule has 1 aliphatic heterocycles. The summed E-state index contributed by atoms with van der Waals surface area (Å²) in [6, 6.07) is -0.155. The maximum atomic E-state index is 10.9. The van der Waals surface area contributed by atoms with Crippen molar-refractivity contribution in [1.29, 1.82) is 0 Å². The van der Waals surface area contributed by atoms with Crippen LogP contribution in [-0.2, 0) is 4.79 Å². The molecular weight excluding hydrogens is 178 g/mol. The van der Waals surface area contributed by atoms with Crippen LogP contribution in [0.25, 0.3) is 0 Å². The number of likely N-dealkylation sites (tertiary alicyclic amines) is 1. The van der Waals surface area contributed by atoms with Gasteiger partial charge in [-0.1, -0.05) is 6.92 Å². The second-order valence-corrected chi connectivity index (χ2v) is 3.87. The number of primary amides is 1. The van der Waals surface area contributed by atoms with Gasteiger partial charge in [-0.3, -0.25) is 4.79 Å². The van der Waals surface area contributed by atoms with Gasteiger partial charge in [0, 0.05) is 13.1 Å². The first-order valence-corrected chi connectivity index (χ1v) is 5.49. The van der Waals surface area contributed by atoms with Gasteiger partial charge in [0.05, 0.1) is 6.04 Å². The van der Waals surface area contributed by atoms with Gasteiger partial charge in [-0.15, -0.1) is 0 Å². The number of rotatable bonds is 6. The van der Waals surface area contributed by atoms with Crippen LogP contribution in [0.1, 0.15) is 26.2 Å². The molecule has 1 rings (SSSR count). The number of nitrogens with two attached hydrogens (primary N) is 1. The number of carbonyl (C=O) groups is 1. The average Bonchev–Trinajstić information content (AvgIpc) is 2.64. The second-order valence-electron chi connectivity index (χ2n) is 3.87. The smallest absolute Gasteiger partial charge is 0.234 e. The molecule has 1 aliphatic rings. The maximum absolute atomic E-state index is 10.9. The Balaban J connectivity index is 2.09. The standard InChI is InChI=1S/C10H21N3O/c1-2-9(10(11)14)12-5-8-13-6-3-4-7-13/h9,12H,2-8H2,1H3,(H2,11,14). The van der Waals surface area contributed by atoms with Gasteiger partial charge in [-0.25, -0.2) is 0 Å². The fourth-order valence-corrected chi connectivity index (χ4v) is 1.85. The van der Waals surface area contributed by atoms with Crippen molar-refractivity contribution in [2.45, 2.75) is 32.2 Å². The van der Waals surface area contributed by atoms with Crippen LogP contribution in [0.5, 0.6) is 0 Å². The molecule has 1 heterocycles. The van der Waals surface area contributed by atoms with Crippen molar-refractivity contribution in [2.75, 3.05) is 26.2 Å². The molecule has 0 aromatic heterocycles. The Bertz CT molecular complexity index is 178. The highest BCUT2D eigenvalue weighted by Crippen LogP contribution is 2.05. The molecule has 0 radical (unpaired) electrons. The van der Waals surface area contributed by atoms with E-state index in [0.29, 0.717) is 0 Å². The average molecular weight is 199 g/mol. The third-order valence-electron chi connectivity index (χ3n) is 2.77. The van der Waals surface area contributed by atoms with E-state index in [9.17, 15) is 4.79 Å². The monoisotopic (exact) mass is 199 g/mol. The van der Waals surface area contributed by atoms with Crippen molar-refractivity contribution in [3.05, 3.63) is 0 Å². The summed E-state index contributed by atoms with van der Waals surface area (Å²) >= 11 is 0. The summed E-state index contributed by atoms with van der Waals surface area (Å²) in [6.45, 7) is 6.27. The van der Waals surface area contributed by atoms with E-state index < -0.39 is 0 Å². The summed E-state index contributed by atoms with van der Waals surface area (Å²) in [5.74, 6) is -0.242. The van der Waals surface area contributed by atoms with Crippen LogP contribution in [-0.4, -0.2) is 43.0 Å². The van der Waals surface area contributed by atoms with Gasteiger partial charge in [0.2, 0.25) is 5.91 Å². The first kappa shape index (κ1) is 11.5. The summed E-state index contributed by atoms with van der Waals surface area (Å²) in [4.78, 5) is 13.3. The third kappa shape index (κ3) is 3.64. The van der Waals surface area contributed by atoms with Gasteiger partial charge in [0.1, 0.15) is 0 Å². The molecule has 1 saturated heterocycles. The summed E-state index contributed by atoms with van der Waals surface area (Å²) in [5, 5.41) is 3.18. The van der Waals surface area contributed by atoms with E-state index in [-0.39, 0.29) is 11.9 Å². The van der Waals surface area contributed by atoms with Gasteiger partial charge in [0.15, 0.2) is 0 Å². The zero-order chi connectivity index (χ0) is 10.4. The molecule has 82 valence electrons. The van der Waals surface area contributed by atoms with E-state index in [1.165, 1.54) is 25.9 Å². The molecule has 1 atom stereocenters. The number of hydrogen-bond acceptors (Lipinski definition) is 3. The first-order chi connectivity index (χ1) is 6.74. The van der Waals surface area contributed by atoms with Crippen LogP contribution < -0.4 is 11.1 Å². The van der Waals surface area contributed by atoms with Crippen molar-refractivity contribution >= 4 is 5.91 Å². The molecule has 0 aromatic carbocycles. The van der Waals surface area contributed by atoms with Crippen molar-refractivity contribution in [1.82, 2.24) is 10.2 Å². The van der Waals surface area contributed by atoms with E-state index in [4.69, 9.17) is 5.73 Å². The van der Waals surface area contributed by atoms with Gasteiger partial charge >= 0.3 is 0 Å². The lowest BCUT2D eigenvalue weighted by Crippen LogP contribution is -2.43. The Labute approximate surface area is 85.8 Å². The second kappa shape index (κ2) is 5.98. The fourth-order valence-electron chi connectivity index (χ4n) is 1.85. The molecule has 14 heavy (non-hydrogen) atoms. The van der Waals surface area contributed by atoms with E-state index in [1.807, 2.05) is 6.92 Å². The Kier molecular flexibility index (Phi) is 4.90. The largest absolute Gasteiger partial charge is 0.368 e. The zero-order valence-electron chi connectivity index (χ0n) is 8.96. The lowest BCUT2D eigenvalue weighted by atomic mass is 10.2. The van der Waals surface area contributed by atoms with E-state index >= 15 is 0 Å². The number of carbonyl (C=O) groups excluding carboxylic acids is 1. The molecule has 0 aromatic rings. The Morgan fingerprint density at radius 2 is 2.14 bits per heavy atom. The number of nitrogens with one attached hydrogen (secondary N) is 1. The molecule has 0 aliphatic carbocycles. The van der Waals surface area contributed by atoms with Gasteiger partial charge in [0.25, 0.3) is 0 Å². The van der Waals surface area contributed by atoms with Crippen molar-refractivity contribution in [3.63, 3.8) is 0 Å². The van der Waals surface area contributed by atoms with Crippen molar-refractivity contribution in [2.24, 2.45) is 5.73 Å². The summed E-state index contributed by atoms with van der Waals surface area (Å²) < 4.78 is 0. The van der Waals surface area contributed by atoms with E-state index in [1.54, 1.807) is 0 Å². The van der Waals surface area contributed by atoms with Crippen LogP contribution in [0.4, 0.5) is 0 Å². The maximum Gasteiger partial charge on any atom is 0.234 e. The Hall–Kier alpha value is -0.610. The van der Waals surface area contributed by atoms with Crippen molar-refractivity contribution in [3.8, 4) is 0 Å². The molecule has 0 bridgehead atoms. The SMILES string of the molecule is CCC(NCCN1CCCC1)C(N)=O. The zero-order valence-corrected chi connectivity index (χ0v) is 8.96. The Morgan fingerprint density at radius 3 is 2.64 bits per heavy atom. The summed E-state index contributed by atoms with van der Waals surface area (Å²) in [6.07, 6.45) is 3.40.